The molecule has 2 aromatic carbocycles. The van der Waals surface area contributed by atoms with Crippen LogP contribution < -0.4 is 15.5 Å². The van der Waals surface area contributed by atoms with Crippen LogP contribution in [0, 0.1) is 6.92 Å². The molecule has 152 valence electrons. The minimum Gasteiger partial charge on any atom is -0.491 e. The minimum absolute atomic E-state index is 0.0856. The van der Waals surface area contributed by atoms with Gasteiger partial charge in [0.05, 0.1) is 17.7 Å². The van der Waals surface area contributed by atoms with Crippen molar-refractivity contribution < 1.29 is 13.9 Å². The first-order valence-corrected chi connectivity index (χ1v) is 9.91. The van der Waals surface area contributed by atoms with E-state index in [-0.39, 0.29) is 11.2 Å². The topological polar surface area (TPSA) is 81.4 Å². The molecule has 0 unspecified atom stereocenters. The van der Waals surface area contributed by atoms with E-state index in [1.807, 2.05) is 13.0 Å². The number of aromatic nitrogens is 1. The Bertz CT molecular complexity index is 1330. The molecule has 0 saturated carbocycles. The van der Waals surface area contributed by atoms with E-state index < -0.39 is 5.91 Å². The Kier molecular flexibility index (Phi) is 5.42. The molecule has 0 atom stereocenters. The molecule has 0 spiro atoms. The van der Waals surface area contributed by atoms with E-state index >= 15 is 0 Å². The highest BCUT2D eigenvalue weighted by molar-refractivity contribution is 6.32. The maximum Gasteiger partial charge on any atom is 0.291 e. The zero-order valence-electron chi connectivity index (χ0n) is 16.5. The van der Waals surface area contributed by atoms with Crippen molar-refractivity contribution >= 4 is 45.1 Å². The van der Waals surface area contributed by atoms with Crippen LogP contribution in [0.3, 0.4) is 0 Å². The predicted molar refractivity (Wildman–Crippen MR) is 118 cm³/mol. The smallest absolute Gasteiger partial charge is 0.291 e. The Balaban J connectivity index is 1.71. The van der Waals surface area contributed by atoms with Gasteiger partial charge in [-0.25, -0.2) is 0 Å². The summed E-state index contributed by atoms with van der Waals surface area (Å²) in [4.78, 5) is 29.7. The average Bonchev–Trinajstić information content (AvgIpc) is 2.74. The van der Waals surface area contributed by atoms with E-state index in [9.17, 15) is 9.59 Å². The number of rotatable bonds is 5. The van der Waals surface area contributed by atoms with Crippen LogP contribution in [0.25, 0.3) is 21.9 Å². The lowest BCUT2D eigenvalue weighted by molar-refractivity contribution is 0.0997. The Morgan fingerprint density at radius 1 is 1.20 bits per heavy atom. The molecule has 4 rings (SSSR count). The number of hydrogen-bond acceptors (Lipinski definition) is 5. The highest BCUT2D eigenvalue weighted by Crippen LogP contribution is 2.30. The molecule has 0 fully saturated rings. The highest BCUT2D eigenvalue weighted by atomic mass is 35.5. The van der Waals surface area contributed by atoms with E-state index in [1.165, 1.54) is 6.07 Å². The number of aryl methyl sites for hydroxylation is 1. The zero-order valence-corrected chi connectivity index (χ0v) is 17.2. The third-order valence-electron chi connectivity index (χ3n) is 4.67. The Labute approximate surface area is 177 Å². The molecule has 0 aliphatic heterocycles. The van der Waals surface area contributed by atoms with Crippen molar-refractivity contribution in [1.29, 1.82) is 0 Å². The van der Waals surface area contributed by atoms with Gasteiger partial charge in [-0.3, -0.25) is 14.6 Å². The molecular weight excluding hydrogens is 404 g/mol. The van der Waals surface area contributed by atoms with E-state index in [0.29, 0.717) is 39.6 Å². The summed E-state index contributed by atoms with van der Waals surface area (Å²) < 4.78 is 11.4. The summed E-state index contributed by atoms with van der Waals surface area (Å²) in [6.45, 7) is 4.40. The summed E-state index contributed by atoms with van der Waals surface area (Å²) in [5.74, 6) is 0.0293. The molecule has 2 heterocycles. The number of nitrogens with one attached hydrogen (secondary N) is 1. The fourth-order valence-corrected chi connectivity index (χ4v) is 3.32. The lowest BCUT2D eigenvalue weighted by Crippen LogP contribution is -2.15. The van der Waals surface area contributed by atoms with Crippen LogP contribution >= 0.6 is 11.6 Å². The number of halogens is 1. The van der Waals surface area contributed by atoms with Gasteiger partial charge in [0.1, 0.15) is 16.8 Å². The number of pyridine rings is 1. The van der Waals surface area contributed by atoms with E-state index in [2.05, 4.69) is 10.3 Å². The largest absolute Gasteiger partial charge is 0.491 e. The normalized spacial score (nSPS) is 11.0. The fourth-order valence-electron chi connectivity index (χ4n) is 3.16. The molecule has 0 aliphatic carbocycles. The van der Waals surface area contributed by atoms with Crippen molar-refractivity contribution in [3.8, 4) is 5.75 Å². The molecule has 0 radical (unpaired) electrons. The van der Waals surface area contributed by atoms with Crippen molar-refractivity contribution in [2.24, 2.45) is 0 Å². The maximum atomic E-state index is 12.8. The lowest BCUT2D eigenvalue weighted by atomic mass is 10.1. The average molecular weight is 423 g/mol. The summed E-state index contributed by atoms with van der Waals surface area (Å²) >= 11 is 6.09. The predicted octanol–water partition coefficient (Wildman–Crippen LogP) is 5.34. The third-order valence-corrected chi connectivity index (χ3v) is 5.08. The minimum atomic E-state index is -0.533. The van der Waals surface area contributed by atoms with Gasteiger partial charge in [0.2, 0.25) is 0 Å². The summed E-state index contributed by atoms with van der Waals surface area (Å²) in [6, 6.07) is 11.5. The fraction of sp³-hybridized carbons (Fsp3) is 0.174. The van der Waals surface area contributed by atoms with Crippen LogP contribution in [0.4, 0.5) is 5.69 Å². The monoisotopic (exact) mass is 422 g/mol. The van der Waals surface area contributed by atoms with Gasteiger partial charge in [-0.2, -0.15) is 0 Å². The molecule has 1 amide bonds. The SMILES string of the molecule is CCCOc1ccc(NC(=O)c2cc(=O)c3cc(Cl)c(C)cc3o2)c2cccnc12. The molecule has 1 N–H and O–H groups in total. The van der Waals surface area contributed by atoms with E-state index in [1.54, 1.807) is 43.5 Å². The van der Waals surface area contributed by atoms with Crippen molar-refractivity contribution in [2.45, 2.75) is 20.3 Å². The van der Waals surface area contributed by atoms with Crippen LogP contribution in [0.15, 0.2) is 57.9 Å². The van der Waals surface area contributed by atoms with Crippen LogP contribution in [0.5, 0.6) is 5.75 Å². The van der Waals surface area contributed by atoms with Gasteiger partial charge < -0.3 is 14.5 Å². The Morgan fingerprint density at radius 3 is 2.83 bits per heavy atom. The molecule has 0 saturated heterocycles. The number of nitrogens with zero attached hydrogens (tertiary/aromatic N) is 1. The van der Waals surface area contributed by atoms with Crippen molar-refractivity contribution in [1.82, 2.24) is 4.98 Å². The second-order valence-electron chi connectivity index (χ2n) is 6.89. The molecule has 0 aliphatic rings. The van der Waals surface area contributed by atoms with Crippen molar-refractivity contribution in [3.05, 3.63) is 75.2 Å². The molecule has 30 heavy (non-hydrogen) atoms. The first-order chi connectivity index (χ1) is 14.5. The number of hydrogen-bond donors (Lipinski definition) is 1. The summed E-state index contributed by atoms with van der Waals surface area (Å²) in [7, 11) is 0. The standard InChI is InChI=1S/C23H19ClN2O4/c1-3-9-29-19-7-6-17(14-5-4-8-25-22(14)19)26-23(28)21-12-18(27)15-11-16(24)13(2)10-20(15)30-21/h4-8,10-12H,3,9H2,1-2H3,(H,26,28). The molecule has 4 aromatic rings. The van der Waals surface area contributed by atoms with Gasteiger partial charge in [-0.1, -0.05) is 18.5 Å². The summed E-state index contributed by atoms with van der Waals surface area (Å²) in [5, 5.41) is 4.33. The number of ether oxygens (including phenoxy) is 1. The van der Waals surface area contributed by atoms with Gasteiger partial charge in [-0.05, 0) is 55.3 Å². The van der Waals surface area contributed by atoms with Crippen LogP contribution in [-0.2, 0) is 0 Å². The number of carbonyl (C=O) groups is 1. The Morgan fingerprint density at radius 2 is 2.03 bits per heavy atom. The number of benzene rings is 2. The molecule has 6 nitrogen and oxygen atoms in total. The highest BCUT2D eigenvalue weighted by Gasteiger charge is 2.16. The number of carbonyl (C=O) groups excluding carboxylic acids is 1. The van der Waals surface area contributed by atoms with Crippen molar-refractivity contribution in [2.75, 3.05) is 11.9 Å². The molecule has 0 bridgehead atoms. The van der Waals surface area contributed by atoms with Gasteiger partial charge in [0.15, 0.2) is 11.2 Å². The van der Waals surface area contributed by atoms with Crippen LogP contribution in [0.2, 0.25) is 5.02 Å². The van der Waals surface area contributed by atoms with E-state index in [0.717, 1.165) is 17.4 Å². The van der Waals surface area contributed by atoms with Crippen LogP contribution in [0.1, 0.15) is 29.5 Å². The third kappa shape index (κ3) is 3.74. The number of anilines is 1. The molecule has 7 heteroatoms. The maximum absolute atomic E-state index is 12.8. The molecule has 2 aromatic heterocycles. The zero-order chi connectivity index (χ0) is 21.3. The van der Waals surface area contributed by atoms with Gasteiger partial charge in [-0.15, -0.1) is 0 Å². The Hall–Kier alpha value is -3.38. The second kappa shape index (κ2) is 8.16. The van der Waals surface area contributed by atoms with Gasteiger partial charge >= 0.3 is 0 Å². The van der Waals surface area contributed by atoms with Gasteiger partial charge in [0.25, 0.3) is 5.91 Å². The van der Waals surface area contributed by atoms with Crippen molar-refractivity contribution in [3.63, 3.8) is 0 Å². The number of amides is 1. The quantitative estimate of drug-likeness (QED) is 0.469. The van der Waals surface area contributed by atoms with Crippen LogP contribution in [-0.4, -0.2) is 17.5 Å². The summed E-state index contributed by atoms with van der Waals surface area (Å²) in [6.07, 6.45) is 2.54. The lowest BCUT2D eigenvalue weighted by Gasteiger charge is -2.12. The second-order valence-corrected chi connectivity index (χ2v) is 7.29. The first kappa shape index (κ1) is 19.9. The number of fused-ring (bicyclic) bond motifs is 2. The van der Waals surface area contributed by atoms with E-state index in [4.69, 9.17) is 20.8 Å². The summed E-state index contributed by atoms with van der Waals surface area (Å²) in [5.41, 5.74) is 1.92. The molecular formula is C23H19ClN2O4. The first-order valence-electron chi connectivity index (χ1n) is 9.54. The van der Waals surface area contributed by atoms with Gasteiger partial charge in [0, 0.05) is 22.7 Å².